The zero-order valence-electron chi connectivity index (χ0n) is 30.1. The maximum Gasteiger partial charge on any atom is 0.165 e. The molecule has 0 amide bonds. The van der Waals surface area contributed by atoms with Gasteiger partial charge >= 0.3 is 0 Å². The van der Waals surface area contributed by atoms with Gasteiger partial charge in [0.25, 0.3) is 0 Å². The lowest BCUT2D eigenvalue weighted by atomic mass is 9.82. The molecule has 0 bridgehead atoms. The molecule has 0 saturated carbocycles. The summed E-state index contributed by atoms with van der Waals surface area (Å²) in [5.41, 5.74) is 12.3. The summed E-state index contributed by atoms with van der Waals surface area (Å²) in [4.78, 5) is 20.8. The summed E-state index contributed by atoms with van der Waals surface area (Å²) in [5.74, 6) is 1.98. The van der Waals surface area contributed by atoms with Crippen molar-refractivity contribution in [3.8, 4) is 67.0 Å². The molecule has 0 N–H and O–H groups in total. The van der Waals surface area contributed by atoms with Crippen molar-refractivity contribution in [2.75, 3.05) is 0 Å². The van der Waals surface area contributed by atoms with Gasteiger partial charge in [-0.15, -0.1) is 22.7 Å². The number of thiazole rings is 1. The Balaban J connectivity index is 1.10. The quantitative estimate of drug-likeness (QED) is 0.176. The molecule has 0 atom stereocenters. The zero-order chi connectivity index (χ0) is 36.7. The van der Waals surface area contributed by atoms with E-state index in [9.17, 15) is 0 Å². The Morgan fingerprint density at radius 2 is 1.07 bits per heavy atom. The molecular weight excluding hydrogens is 709 g/mol. The normalized spacial score (nSPS) is 13.1. The van der Waals surface area contributed by atoms with Gasteiger partial charge in [0.05, 0.1) is 10.2 Å². The summed E-state index contributed by atoms with van der Waals surface area (Å²) in [5, 5.41) is 3.51. The van der Waals surface area contributed by atoms with Crippen LogP contribution in [0.25, 0.3) is 97.4 Å². The third-order valence-corrected chi connectivity index (χ3v) is 13.3. The summed E-state index contributed by atoms with van der Waals surface area (Å²) >= 11 is 3.57. The van der Waals surface area contributed by atoms with E-state index in [1.807, 2.05) is 6.07 Å². The van der Waals surface area contributed by atoms with Gasteiger partial charge in [-0.2, -0.15) is 0 Å². The first-order valence-corrected chi connectivity index (χ1v) is 20.1. The molecule has 0 fully saturated rings. The number of nitrogens with zero attached hydrogens (tertiary/aromatic N) is 4. The van der Waals surface area contributed by atoms with Gasteiger partial charge in [0.1, 0.15) is 5.01 Å². The second kappa shape index (κ2) is 12.4. The Bertz CT molecular complexity index is 3120. The first kappa shape index (κ1) is 32.1. The minimum absolute atomic E-state index is 0.225. The van der Waals surface area contributed by atoms with Crippen molar-refractivity contribution < 1.29 is 0 Å². The van der Waals surface area contributed by atoms with Crippen LogP contribution in [-0.2, 0) is 5.41 Å². The number of thiophene rings is 1. The summed E-state index contributed by atoms with van der Waals surface area (Å²) in [6.07, 6.45) is 0. The molecule has 0 radical (unpaired) electrons. The van der Waals surface area contributed by atoms with E-state index < -0.39 is 0 Å². The molecule has 10 aromatic rings. The largest absolute Gasteiger partial charge is 0.236 e. The number of benzene rings is 7. The van der Waals surface area contributed by atoms with E-state index in [2.05, 4.69) is 166 Å². The molecule has 260 valence electrons. The molecule has 1 aliphatic carbocycles. The summed E-state index contributed by atoms with van der Waals surface area (Å²) in [6, 6.07) is 55.8. The molecule has 3 heterocycles. The molecular formula is C49H32N4S2. The number of fused-ring (bicyclic) bond motifs is 8. The summed E-state index contributed by atoms with van der Waals surface area (Å²) < 4.78 is 3.66. The standard InChI is InChI=1S/C49H32N4S2/c1-49(2)38-25-26-40-44(55-48(50-40)30-15-7-4-8-16-30)42(38)36-24-23-33(28-39(36)49)46-51-45(32-18-11-17-31(27-32)29-13-5-3-6-14-29)52-47(53-46)37-21-12-20-35-34-19-9-10-22-41(34)54-43(35)37/h3-28H,1-2H3. The molecule has 0 saturated heterocycles. The van der Waals surface area contributed by atoms with Gasteiger partial charge in [-0.3, -0.25) is 0 Å². The lowest BCUT2D eigenvalue weighted by Crippen LogP contribution is -2.15. The molecule has 0 aliphatic heterocycles. The summed E-state index contributed by atoms with van der Waals surface area (Å²) in [7, 11) is 0. The fourth-order valence-corrected chi connectivity index (χ4v) is 10.5. The van der Waals surface area contributed by atoms with Crippen LogP contribution in [0.4, 0.5) is 0 Å². The number of hydrogen-bond acceptors (Lipinski definition) is 6. The smallest absolute Gasteiger partial charge is 0.165 e. The molecule has 6 heteroatoms. The van der Waals surface area contributed by atoms with E-state index in [-0.39, 0.29) is 5.41 Å². The van der Waals surface area contributed by atoms with Crippen molar-refractivity contribution in [3.63, 3.8) is 0 Å². The van der Waals surface area contributed by atoms with Crippen LogP contribution in [0.2, 0.25) is 0 Å². The van der Waals surface area contributed by atoms with E-state index in [1.54, 1.807) is 22.7 Å². The monoisotopic (exact) mass is 740 g/mol. The van der Waals surface area contributed by atoms with Crippen LogP contribution in [-0.4, -0.2) is 19.9 Å². The number of aromatic nitrogens is 4. The lowest BCUT2D eigenvalue weighted by molar-refractivity contribution is 0.661. The molecule has 55 heavy (non-hydrogen) atoms. The highest BCUT2D eigenvalue weighted by atomic mass is 32.1. The lowest BCUT2D eigenvalue weighted by Gasteiger charge is -2.22. The average Bonchev–Trinajstić information content (AvgIpc) is 3.92. The second-order valence-electron chi connectivity index (χ2n) is 14.6. The number of hydrogen-bond donors (Lipinski definition) is 0. The molecule has 4 nitrogen and oxygen atoms in total. The SMILES string of the molecule is CC1(C)c2cc(-c3nc(-c4cccc(-c5ccccc5)c4)nc(-c4cccc5c4sc4ccccc45)n3)ccc2-c2c1ccc1nc(-c3ccccc3)sc21. The fraction of sp³-hybridized carbons (Fsp3) is 0.0612. The van der Waals surface area contributed by atoms with Crippen molar-refractivity contribution in [2.24, 2.45) is 0 Å². The first-order chi connectivity index (χ1) is 27.0. The third-order valence-electron chi connectivity index (χ3n) is 11.0. The van der Waals surface area contributed by atoms with Crippen molar-refractivity contribution >= 4 is 53.1 Å². The van der Waals surface area contributed by atoms with Crippen LogP contribution in [0, 0.1) is 0 Å². The molecule has 3 aromatic heterocycles. The van der Waals surface area contributed by atoms with Crippen molar-refractivity contribution in [2.45, 2.75) is 19.3 Å². The van der Waals surface area contributed by atoms with Crippen LogP contribution in [0.3, 0.4) is 0 Å². The van der Waals surface area contributed by atoms with Gasteiger partial charge < -0.3 is 0 Å². The van der Waals surface area contributed by atoms with Crippen molar-refractivity contribution in [3.05, 3.63) is 169 Å². The Labute approximate surface area is 326 Å². The van der Waals surface area contributed by atoms with Crippen LogP contribution >= 0.6 is 22.7 Å². The Kier molecular flexibility index (Phi) is 7.21. The predicted molar refractivity (Wildman–Crippen MR) is 231 cm³/mol. The first-order valence-electron chi connectivity index (χ1n) is 18.5. The minimum atomic E-state index is -0.225. The van der Waals surface area contributed by atoms with Crippen molar-refractivity contribution in [1.29, 1.82) is 0 Å². The highest BCUT2D eigenvalue weighted by Gasteiger charge is 2.37. The van der Waals surface area contributed by atoms with Gasteiger partial charge in [0.2, 0.25) is 0 Å². The van der Waals surface area contributed by atoms with E-state index in [4.69, 9.17) is 19.9 Å². The highest BCUT2D eigenvalue weighted by molar-refractivity contribution is 7.26. The predicted octanol–water partition coefficient (Wildman–Crippen LogP) is 13.5. The molecule has 0 spiro atoms. The van der Waals surface area contributed by atoms with Gasteiger partial charge in [0.15, 0.2) is 17.5 Å². The van der Waals surface area contributed by atoms with Gasteiger partial charge in [0, 0.05) is 53.4 Å². The van der Waals surface area contributed by atoms with E-state index in [0.717, 1.165) is 43.9 Å². The highest BCUT2D eigenvalue weighted by Crippen LogP contribution is 2.53. The maximum atomic E-state index is 5.29. The number of rotatable bonds is 5. The Hall–Kier alpha value is -6.34. The fourth-order valence-electron chi connectivity index (χ4n) is 8.19. The van der Waals surface area contributed by atoms with E-state index >= 15 is 0 Å². The topological polar surface area (TPSA) is 51.6 Å². The van der Waals surface area contributed by atoms with Crippen molar-refractivity contribution in [1.82, 2.24) is 19.9 Å². The molecule has 0 unspecified atom stereocenters. The van der Waals surface area contributed by atoms with Crippen LogP contribution < -0.4 is 0 Å². The van der Waals surface area contributed by atoms with Crippen LogP contribution in [0.5, 0.6) is 0 Å². The zero-order valence-corrected chi connectivity index (χ0v) is 31.7. The maximum absolute atomic E-state index is 5.29. The second-order valence-corrected chi connectivity index (χ2v) is 16.7. The van der Waals surface area contributed by atoms with Gasteiger partial charge in [-0.1, -0.05) is 141 Å². The van der Waals surface area contributed by atoms with Gasteiger partial charge in [-0.25, -0.2) is 19.9 Å². The molecule has 7 aromatic carbocycles. The minimum Gasteiger partial charge on any atom is -0.236 e. The van der Waals surface area contributed by atoms with Gasteiger partial charge in [-0.05, 0) is 58.1 Å². The molecule has 1 aliphatic rings. The molecule has 11 rings (SSSR count). The van der Waals surface area contributed by atoms with E-state index in [0.29, 0.717) is 17.5 Å². The van der Waals surface area contributed by atoms with Crippen LogP contribution in [0.15, 0.2) is 158 Å². The Morgan fingerprint density at radius 1 is 0.418 bits per heavy atom. The van der Waals surface area contributed by atoms with Crippen LogP contribution in [0.1, 0.15) is 25.0 Å². The van der Waals surface area contributed by atoms with E-state index in [1.165, 1.54) is 47.1 Å². The Morgan fingerprint density at radius 3 is 1.89 bits per heavy atom. The summed E-state index contributed by atoms with van der Waals surface area (Å²) in [6.45, 7) is 4.65. The third kappa shape index (κ3) is 5.17. The average molecular weight is 741 g/mol.